The van der Waals surface area contributed by atoms with E-state index in [0.29, 0.717) is 5.92 Å². The predicted octanol–water partition coefficient (Wildman–Crippen LogP) is 3.68. The lowest BCUT2D eigenvalue weighted by molar-refractivity contribution is 0.711. The molecular formula is C11H23N. The van der Waals surface area contributed by atoms with Crippen LogP contribution in [0.15, 0.2) is 4.99 Å². The SMILES string of the molecule is CCCCN=C(CC)C(C)CC. The molecule has 1 unspecified atom stereocenters. The number of aliphatic imine (C=N–C) groups is 1. The number of hydrogen-bond donors (Lipinski definition) is 0. The van der Waals surface area contributed by atoms with E-state index in [1.807, 2.05) is 0 Å². The highest BCUT2D eigenvalue weighted by Crippen LogP contribution is 2.07. The van der Waals surface area contributed by atoms with E-state index in [2.05, 4.69) is 32.7 Å². The Morgan fingerprint density at radius 2 is 1.92 bits per heavy atom. The van der Waals surface area contributed by atoms with E-state index in [1.54, 1.807) is 0 Å². The average molecular weight is 169 g/mol. The summed E-state index contributed by atoms with van der Waals surface area (Å²) in [7, 11) is 0. The first-order chi connectivity index (χ1) is 5.76. The van der Waals surface area contributed by atoms with E-state index in [4.69, 9.17) is 0 Å². The summed E-state index contributed by atoms with van der Waals surface area (Å²) < 4.78 is 0. The molecule has 0 fully saturated rings. The molecule has 0 aromatic carbocycles. The van der Waals surface area contributed by atoms with E-state index in [0.717, 1.165) is 13.0 Å². The summed E-state index contributed by atoms with van der Waals surface area (Å²) in [6, 6.07) is 0. The molecule has 0 aliphatic rings. The second kappa shape index (κ2) is 7.33. The summed E-state index contributed by atoms with van der Waals surface area (Å²) in [6.45, 7) is 9.95. The molecule has 0 amide bonds. The van der Waals surface area contributed by atoms with E-state index in [-0.39, 0.29) is 0 Å². The zero-order valence-corrected chi connectivity index (χ0v) is 9.06. The molecule has 12 heavy (non-hydrogen) atoms. The van der Waals surface area contributed by atoms with Crippen molar-refractivity contribution >= 4 is 5.71 Å². The molecule has 0 bridgehead atoms. The van der Waals surface area contributed by atoms with Gasteiger partial charge in [0.2, 0.25) is 0 Å². The Morgan fingerprint density at radius 1 is 1.25 bits per heavy atom. The molecular weight excluding hydrogens is 146 g/mol. The quantitative estimate of drug-likeness (QED) is 0.425. The minimum atomic E-state index is 0.687. The van der Waals surface area contributed by atoms with Crippen molar-refractivity contribution in [1.29, 1.82) is 0 Å². The monoisotopic (exact) mass is 169 g/mol. The summed E-state index contributed by atoms with van der Waals surface area (Å²) in [5.74, 6) is 0.687. The number of nitrogens with zero attached hydrogens (tertiary/aromatic N) is 1. The third-order valence-electron chi connectivity index (χ3n) is 2.37. The van der Waals surface area contributed by atoms with Crippen LogP contribution >= 0.6 is 0 Å². The van der Waals surface area contributed by atoms with Crippen molar-refractivity contribution in [2.45, 2.75) is 53.4 Å². The Bertz CT molecular complexity index is 127. The average Bonchev–Trinajstić information content (AvgIpc) is 2.11. The van der Waals surface area contributed by atoms with Gasteiger partial charge in [0.1, 0.15) is 0 Å². The van der Waals surface area contributed by atoms with Gasteiger partial charge in [-0.05, 0) is 25.2 Å². The van der Waals surface area contributed by atoms with E-state index in [9.17, 15) is 0 Å². The fraction of sp³-hybridized carbons (Fsp3) is 0.909. The van der Waals surface area contributed by atoms with Crippen LogP contribution in [0.3, 0.4) is 0 Å². The normalized spacial score (nSPS) is 14.8. The van der Waals surface area contributed by atoms with Gasteiger partial charge in [-0.2, -0.15) is 0 Å². The van der Waals surface area contributed by atoms with Crippen molar-refractivity contribution in [3.05, 3.63) is 0 Å². The van der Waals surface area contributed by atoms with Crippen molar-refractivity contribution in [3.63, 3.8) is 0 Å². The third kappa shape index (κ3) is 4.53. The Hall–Kier alpha value is -0.330. The molecule has 1 heteroatoms. The largest absolute Gasteiger partial charge is 0.294 e. The highest BCUT2D eigenvalue weighted by Gasteiger charge is 2.04. The molecule has 0 N–H and O–H groups in total. The number of unbranched alkanes of at least 4 members (excludes halogenated alkanes) is 1. The lowest BCUT2D eigenvalue weighted by atomic mass is 10.0. The lowest BCUT2D eigenvalue weighted by Gasteiger charge is -2.10. The molecule has 0 aliphatic carbocycles. The number of rotatable bonds is 6. The molecule has 72 valence electrons. The molecule has 1 nitrogen and oxygen atoms in total. The summed E-state index contributed by atoms with van der Waals surface area (Å²) in [5.41, 5.74) is 1.41. The fourth-order valence-electron chi connectivity index (χ4n) is 1.23. The third-order valence-corrected chi connectivity index (χ3v) is 2.37. The van der Waals surface area contributed by atoms with E-state index in [1.165, 1.54) is 25.0 Å². The zero-order chi connectivity index (χ0) is 9.40. The molecule has 0 rings (SSSR count). The van der Waals surface area contributed by atoms with Crippen LogP contribution in [0.25, 0.3) is 0 Å². The molecule has 0 heterocycles. The molecule has 0 spiro atoms. The topological polar surface area (TPSA) is 12.4 Å². The maximum absolute atomic E-state index is 4.62. The maximum Gasteiger partial charge on any atom is 0.0388 e. The number of hydrogen-bond acceptors (Lipinski definition) is 1. The van der Waals surface area contributed by atoms with Gasteiger partial charge in [0.15, 0.2) is 0 Å². The fourth-order valence-corrected chi connectivity index (χ4v) is 1.23. The molecule has 0 aromatic rings. The van der Waals surface area contributed by atoms with Crippen molar-refractivity contribution in [2.75, 3.05) is 6.54 Å². The van der Waals surface area contributed by atoms with E-state index >= 15 is 0 Å². The first kappa shape index (κ1) is 11.7. The molecule has 0 radical (unpaired) electrons. The van der Waals surface area contributed by atoms with Gasteiger partial charge in [-0.25, -0.2) is 0 Å². The first-order valence-corrected chi connectivity index (χ1v) is 5.29. The minimum absolute atomic E-state index is 0.687. The molecule has 1 atom stereocenters. The Morgan fingerprint density at radius 3 is 2.33 bits per heavy atom. The Kier molecular flexibility index (Phi) is 7.12. The molecule has 0 aromatic heterocycles. The van der Waals surface area contributed by atoms with Gasteiger partial charge in [0, 0.05) is 12.3 Å². The van der Waals surface area contributed by atoms with Crippen molar-refractivity contribution in [2.24, 2.45) is 10.9 Å². The van der Waals surface area contributed by atoms with Gasteiger partial charge in [-0.1, -0.05) is 34.1 Å². The summed E-state index contributed by atoms with van der Waals surface area (Å²) in [5, 5.41) is 0. The Balaban J connectivity index is 3.86. The predicted molar refractivity (Wildman–Crippen MR) is 57.0 cm³/mol. The molecule has 0 saturated heterocycles. The van der Waals surface area contributed by atoms with Gasteiger partial charge in [0.05, 0.1) is 0 Å². The summed E-state index contributed by atoms with van der Waals surface area (Å²) in [4.78, 5) is 4.62. The second-order valence-electron chi connectivity index (χ2n) is 3.39. The Labute approximate surface area is 77.3 Å². The van der Waals surface area contributed by atoms with Crippen LogP contribution < -0.4 is 0 Å². The van der Waals surface area contributed by atoms with Crippen molar-refractivity contribution in [3.8, 4) is 0 Å². The highest BCUT2D eigenvalue weighted by atomic mass is 14.7. The van der Waals surface area contributed by atoms with Crippen LogP contribution in [0.2, 0.25) is 0 Å². The first-order valence-electron chi connectivity index (χ1n) is 5.29. The van der Waals surface area contributed by atoms with Crippen LogP contribution in [0.1, 0.15) is 53.4 Å². The smallest absolute Gasteiger partial charge is 0.0388 e. The molecule has 0 aliphatic heterocycles. The maximum atomic E-state index is 4.62. The van der Waals surface area contributed by atoms with Gasteiger partial charge in [-0.15, -0.1) is 0 Å². The van der Waals surface area contributed by atoms with Crippen LogP contribution in [0, 0.1) is 5.92 Å². The zero-order valence-electron chi connectivity index (χ0n) is 9.06. The van der Waals surface area contributed by atoms with Gasteiger partial charge >= 0.3 is 0 Å². The summed E-state index contributed by atoms with van der Waals surface area (Å²) in [6.07, 6.45) is 4.83. The standard InChI is InChI=1S/C11H23N/c1-5-8-9-12-11(7-3)10(4)6-2/h10H,5-9H2,1-4H3. The second-order valence-corrected chi connectivity index (χ2v) is 3.39. The van der Waals surface area contributed by atoms with E-state index < -0.39 is 0 Å². The highest BCUT2D eigenvalue weighted by molar-refractivity contribution is 5.86. The van der Waals surface area contributed by atoms with Crippen molar-refractivity contribution < 1.29 is 0 Å². The van der Waals surface area contributed by atoms with Gasteiger partial charge in [-0.3, -0.25) is 4.99 Å². The van der Waals surface area contributed by atoms with Crippen LogP contribution in [0.4, 0.5) is 0 Å². The lowest BCUT2D eigenvalue weighted by Crippen LogP contribution is -2.09. The van der Waals surface area contributed by atoms with Crippen molar-refractivity contribution in [1.82, 2.24) is 0 Å². The van der Waals surface area contributed by atoms with Crippen LogP contribution in [0.5, 0.6) is 0 Å². The van der Waals surface area contributed by atoms with Gasteiger partial charge < -0.3 is 0 Å². The summed E-state index contributed by atoms with van der Waals surface area (Å²) >= 11 is 0. The molecule has 0 saturated carbocycles. The van der Waals surface area contributed by atoms with Crippen LogP contribution in [-0.4, -0.2) is 12.3 Å². The van der Waals surface area contributed by atoms with Gasteiger partial charge in [0.25, 0.3) is 0 Å². The minimum Gasteiger partial charge on any atom is -0.294 e. The van der Waals surface area contributed by atoms with Crippen LogP contribution in [-0.2, 0) is 0 Å².